The Morgan fingerprint density at radius 2 is 2.11 bits per heavy atom. The van der Waals surface area contributed by atoms with E-state index >= 15 is 0 Å². The highest BCUT2D eigenvalue weighted by molar-refractivity contribution is 7.89. The molecule has 0 atom stereocenters. The summed E-state index contributed by atoms with van der Waals surface area (Å²) in [6.45, 7) is 2.57. The summed E-state index contributed by atoms with van der Waals surface area (Å²) < 4.78 is 28.5. The fraction of sp³-hybridized carbons (Fsp3) is 0.250. The van der Waals surface area contributed by atoms with Gasteiger partial charge in [-0.05, 0) is 30.7 Å². The molecular formula is C12H14N2O3S. The zero-order chi connectivity index (χ0) is 13.2. The lowest BCUT2D eigenvalue weighted by Gasteiger charge is -2.10. The molecule has 0 unspecified atom stereocenters. The first-order valence-corrected chi connectivity index (χ1v) is 7.12. The lowest BCUT2D eigenvalue weighted by molar-refractivity contribution is 0.321. The number of ether oxygens (including phenoxy) is 1. The fourth-order valence-corrected chi connectivity index (χ4v) is 2.38. The van der Waals surface area contributed by atoms with Crippen LogP contribution in [-0.2, 0) is 10.0 Å². The van der Waals surface area contributed by atoms with Crippen LogP contribution in [0, 0.1) is 0 Å². The molecule has 1 heterocycles. The van der Waals surface area contributed by atoms with E-state index < -0.39 is 10.0 Å². The average molecular weight is 266 g/mol. The molecule has 18 heavy (non-hydrogen) atoms. The minimum atomic E-state index is -3.78. The Labute approximate surface area is 106 Å². The first-order chi connectivity index (χ1) is 8.54. The maximum atomic E-state index is 11.5. The Bertz CT molecular complexity index is 668. The predicted molar refractivity (Wildman–Crippen MR) is 68.9 cm³/mol. The van der Waals surface area contributed by atoms with Crippen molar-refractivity contribution in [3.05, 3.63) is 30.5 Å². The van der Waals surface area contributed by atoms with Gasteiger partial charge in [0.15, 0.2) is 0 Å². The van der Waals surface area contributed by atoms with E-state index in [9.17, 15) is 8.42 Å². The maximum absolute atomic E-state index is 11.5. The molecule has 0 amide bonds. The molecule has 0 spiro atoms. The Hall–Kier alpha value is -1.66. The molecule has 5 nitrogen and oxygen atoms in total. The van der Waals surface area contributed by atoms with E-state index in [1.165, 1.54) is 12.3 Å². The van der Waals surface area contributed by atoms with Crippen molar-refractivity contribution in [1.29, 1.82) is 0 Å². The van der Waals surface area contributed by atoms with Crippen LogP contribution in [0.1, 0.15) is 13.3 Å². The summed E-state index contributed by atoms with van der Waals surface area (Å²) in [4.78, 5) is 4.09. The third kappa shape index (κ3) is 2.44. The van der Waals surface area contributed by atoms with Crippen LogP contribution in [-0.4, -0.2) is 20.0 Å². The highest BCUT2D eigenvalue weighted by atomic mass is 32.2. The van der Waals surface area contributed by atoms with Crippen molar-refractivity contribution < 1.29 is 13.2 Å². The summed E-state index contributed by atoms with van der Waals surface area (Å²) in [7, 11) is -3.78. The van der Waals surface area contributed by atoms with Crippen molar-refractivity contribution in [3.8, 4) is 5.75 Å². The van der Waals surface area contributed by atoms with E-state index in [1.54, 1.807) is 18.2 Å². The van der Waals surface area contributed by atoms with Gasteiger partial charge in [-0.1, -0.05) is 6.92 Å². The lowest BCUT2D eigenvalue weighted by atomic mass is 10.2. The Morgan fingerprint density at radius 1 is 1.33 bits per heavy atom. The molecule has 0 fully saturated rings. The number of aromatic nitrogens is 1. The highest BCUT2D eigenvalue weighted by Gasteiger charge is 2.15. The monoisotopic (exact) mass is 266 g/mol. The van der Waals surface area contributed by atoms with Gasteiger partial charge in [-0.2, -0.15) is 0 Å². The molecule has 1 aromatic heterocycles. The second-order valence-corrected chi connectivity index (χ2v) is 5.38. The van der Waals surface area contributed by atoms with Crippen LogP contribution in [0.15, 0.2) is 35.4 Å². The molecule has 0 aliphatic carbocycles. The van der Waals surface area contributed by atoms with Gasteiger partial charge in [0.1, 0.15) is 10.6 Å². The summed E-state index contributed by atoms with van der Waals surface area (Å²) in [5.74, 6) is 0.618. The second kappa shape index (κ2) is 4.91. The molecule has 1 aromatic carbocycles. The number of fused-ring (bicyclic) bond motifs is 1. The molecule has 0 saturated heterocycles. The zero-order valence-electron chi connectivity index (χ0n) is 9.96. The van der Waals surface area contributed by atoms with Gasteiger partial charge in [0.2, 0.25) is 10.0 Å². The van der Waals surface area contributed by atoms with Gasteiger partial charge < -0.3 is 4.74 Å². The van der Waals surface area contributed by atoms with Gasteiger partial charge in [-0.15, -0.1) is 0 Å². The highest BCUT2D eigenvalue weighted by Crippen LogP contribution is 2.28. The molecular weight excluding hydrogens is 252 g/mol. The minimum absolute atomic E-state index is 0.0157. The van der Waals surface area contributed by atoms with Crippen LogP contribution in [0.3, 0.4) is 0 Å². The SMILES string of the molecule is CCCOc1ccc(S(N)(=O)=O)c2ncccc12. The normalized spacial score (nSPS) is 11.7. The second-order valence-electron chi connectivity index (χ2n) is 3.85. The van der Waals surface area contributed by atoms with Crippen molar-refractivity contribution in [2.24, 2.45) is 5.14 Å². The topological polar surface area (TPSA) is 82.3 Å². The molecule has 0 aliphatic heterocycles. The number of nitrogens with two attached hydrogens (primary N) is 1. The van der Waals surface area contributed by atoms with Gasteiger partial charge in [0.05, 0.1) is 12.1 Å². The molecule has 0 saturated carbocycles. The zero-order valence-corrected chi connectivity index (χ0v) is 10.8. The average Bonchev–Trinajstić information content (AvgIpc) is 2.34. The van der Waals surface area contributed by atoms with Gasteiger partial charge >= 0.3 is 0 Å². The summed E-state index contributed by atoms with van der Waals surface area (Å²) in [6.07, 6.45) is 2.40. The van der Waals surface area contributed by atoms with E-state index in [-0.39, 0.29) is 4.90 Å². The first kappa shape index (κ1) is 12.8. The van der Waals surface area contributed by atoms with E-state index in [4.69, 9.17) is 9.88 Å². The van der Waals surface area contributed by atoms with Crippen LogP contribution in [0.2, 0.25) is 0 Å². The quantitative estimate of drug-likeness (QED) is 0.912. The number of hydrogen-bond donors (Lipinski definition) is 1. The molecule has 0 aliphatic rings. The van der Waals surface area contributed by atoms with Crippen molar-refractivity contribution in [2.45, 2.75) is 18.2 Å². The molecule has 96 valence electrons. The van der Waals surface area contributed by atoms with Crippen LogP contribution in [0.4, 0.5) is 0 Å². The van der Waals surface area contributed by atoms with E-state index in [0.29, 0.717) is 23.3 Å². The number of nitrogens with zero attached hydrogens (tertiary/aromatic N) is 1. The minimum Gasteiger partial charge on any atom is -0.493 e. The smallest absolute Gasteiger partial charge is 0.240 e. The Kier molecular flexibility index (Phi) is 3.49. The third-order valence-corrected chi connectivity index (χ3v) is 3.40. The largest absolute Gasteiger partial charge is 0.493 e. The summed E-state index contributed by atoms with van der Waals surface area (Å²) in [6, 6.07) is 6.53. The van der Waals surface area contributed by atoms with E-state index in [2.05, 4.69) is 4.98 Å². The first-order valence-electron chi connectivity index (χ1n) is 5.57. The Balaban J connectivity index is 2.66. The predicted octanol–water partition coefficient (Wildman–Crippen LogP) is 1.67. The molecule has 2 N–H and O–H groups in total. The molecule has 6 heteroatoms. The number of primary sulfonamides is 1. The summed E-state index contributed by atoms with van der Waals surface area (Å²) >= 11 is 0. The van der Waals surface area contributed by atoms with Crippen LogP contribution >= 0.6 is 0 Å². The Morgan fingerprint density at radius 3 is 2.78 bits per heavy atom. The van der Waals surface area contributed by atoms with E-state index in [1.807, 2.05) is 6.92 Å². The van der Waals surface area contributed by atoms with Crippen molar-refractivity contribution in [2.75, 3.05) is 6.61 Å². The van der Waals surface area contributed by atoms with Crippen LogP contribution in [0.25, 0.3) is 10.9 Å². The standard InChI is InChI=1S/C12H14N2O3S/c1-2-8-17-10-5-6-11(18(13,15)16)12-9(10)4-3-7-14-12/h3-7H,2,8H2,1H3,(H2,13,15,16). The van der Waals surface area contributed by atoms with Crippen LogP contribution in [0.5, 0.6) is 5.75 Å². The molecule has 0 radical (unpaired) electrons. The van der Waals surface area contributed by atoms with Crippen molar-refractivity contribution in [1.82, 2.24) is 4.98 Å². The number of benzene rings is 1. The van der Waals surface area contributed by atoms with Crippen molar-refractivity contribution in [3.63, 3.8) is 0 Å². The number of sulfonamides is 1. The molecule has 0 bridgehead atoms. The van der Waals surface area contributed by atoms with Gasteiger partial charge in [-0.25, -0.2) is 13.6 Å². The molecule has 2 rings (SSSR count). The lowest BCUT2D eigenvalue weighted by Crippen LogP contribution is -2.13. The summed E-state index contributed by atoms with van der Waals surface area (Å²) in [5, 5.41) is 5.81. The van der Waals surface area contributed by atoms with Gasteiger partial charge in [-0.3, -0.25) is 4.98 Å². The molecule has 2 aromatic rings. The van der Waals surface area contributed by atoms with Crippen LogP contribution < -0.4 is 9.88 Å². The maximum Gasteiger partial charge on any atom is 0.240 e. The fourth-order valence-electron chi connectivity index (χ4n) is 1.69. The number of hydrogen-bond acceptors (Lipinski definition) is 4. The van der Waals surface area contributed by atoms with Gasteiger partial charge in [0.25, 0.3) is 0 Å². The van der Waals surface area contributed by atoms with Crippen molar-refractivity contribution >= 4 is 20.9 Å². The third-order valence-electron chi connectivity index (χ3n) is 2.46. The number of rotatable bonds is 4. The van der Waals surface area contributed by atoms with Gasteiger partial charge in [0, 0.05) is 11.6 Å². The van der Waals surface area contributed by atoms with E-state index in [0.717, 1.165) is 6.42 Å². The summed E-state index contributed by atoms with van der Waals surface area (Å²) in [5.41, 5.74) is 0.341. The number of pyridine rings is 1.